The average molecular weight is 1120 g/mol. The minimum absolute atomic E-state index is 0.892. The summed E-state index contributed by atoms with van der Waals surface area (Å²) in [6.45, 7) is 7.96. The molecule has 0 aliphatic carbocycles. The molecule has 3 N–H and O–H groups in total. The summed E-state index contributed by atoms with van der Waals surface area (Å²) < 4.78 is 8.88. The first-order valence-electron chi connectivity index (χ1n) is 27.4. The third kappa shape index (κ3) is 91.4. The minimum atomic E-state index is -4.64. The molecule has 0 spiro atoms. The number of phosphoric acid groups is 1. The van der Waals surface area contributed by atoms with Crippen molar-refractivity contribution in [2.45, 2.75) is 272 Å². The van der Waals surface area contributed by atoms with Crippen LogP contribution in [0.1, 0.15) is 272 Å². The van der Waals surface area contributed by atoms with E-state index in [4.69, 9.17) is 19.2 Å². The highest BCUT2D eigenvalue weighted by Crippen LogP contribution is 2.26. The molecule has 0 saturated heterocycles. The Morgan fingerprint density at radius 3 is 0.613 bits per heavy atom. The van der Waals surface area contributed by atoms with E-state index in [2.05, 4.69) is 114 Å². The van der Waals surface area contributed by atoms with Gasteiger partial charge in [0.25, 0.3) is 0 Å². The van der Waals surface area contributed by atoms with E-state index < -0.39 is 7.82 Å². The summed E-state index contributed by atoms with van der Waals surface area (Å²) in [6, 6.07) is 0. The Morgan fingerprint density at radius 2 is 0.427 bits per heavy atom. The molecule has 0 radical (unpaired) electrons. The second kappa shape index (κ2) is 73.7. The maximum Gasteiger partial charge on any atom is 0.466 e. The van der Waals surface area contributed by atoms with E-state index in [1.165, 1.54) is 243 Å². The van der Waals surface area contributed by atoms with Crippen LogP contribution in [-0.2, 0) is 105 Å². The van der Waals surface area contributed by atoms with E-state index in [1.807, 2.05) is 12.2 Å². The number of hydrogen-bond acceptors (Lipinski definition) is 21. The quantitative estimate of drug-likeness (QED) is 0.0168. The van der Waals surface area contributed by atoms with Gasteiger partial charge < -0.3 is 34.2 Å². The van der Waals surface area contributed by atoms with Gasteiger partial charge in [-0.2, -0.15) is 0 Å². The highest BCUT2D eigenvalue weighted by atomic mass is 31.2. The Hall–Kier alpha value is -2.37. The molecule has 25 heteroatoms. The van der Waals surface area contributed by atoms with Crippen molar-refractivity contribution in [3.63, 3.8) is 0 Å². The molecule has 0 aliphatic heterocycles. The summed E-state index contributed by atoms with van der Waals surface area (Å²) in [6.07, 6.45) is 62.8. The predicted octanol–water partition coefficient (Wildman–Crippen LogP) is 16.8. The smallest absolute Gasteiger partial charge is 0.314 e. The molecule has 0 aromatic rings. The maximum atomic E-state index is 8.88. The largest absolute Gasteiger partial charge is 0.466 e. The van der Waals surface area contributed by atoms with Crippen molar-refractivity contribution in [2.24, 2.45) is 0 Å². The molecule has 0 atom stereocenters. The predicted molar refractivity (Wildman–Crippen MR) is 271 cm³/mol. The van der Waals surface area contributed by atoms with E-state index in [1.54, 1.807) is 26.0 Å². The van der Waals surface area contributed by atoms with Crippen molar-refractivity contribution in [1.29, 1.82) is 0 Å². The van der Waals surface area contributed by atoms with Crippen LogP contribution in [0.3, 0.4) is 0 Å². The monoisotopic (exact) mass is 1110 g/mol. The lowest BCUT2D eigenvalue weighted by Gasteiger charge is -2.03. The first kappa shape index (κ1) is 76.9. The van der Waals surface area contributed by atoms with E-state index in [-0.39, 0.29) is 0 Å². The van der Waals surface area contributed by atoms with Crippen LogP contribution in [0.25, 0.3) is 0 Å². The van der Waals surface area contributed by atoms with Gasteiger partial charge in [-0.1, -0.05) is 232 Å². The molecule has 0 heterocycles. The SMILES string of the molecule is CC=COOOOOOOOOOC=CCCCCCCCCCCCCCCCCCCCC.CC=COOOOOOOOOOC=CCCCCCCCCCCCCCCCCCCCC.O=P(O)(O)O. The van der Waals surface area contributed by atoms with Crippen LogP contribution in [0, 0.1) is 0 Å². The third-order valence-corrected chi connectivity index (χ3v) is 10.7. The zero-order valence-electron chi connectivity index (χ0n) is 45.9. The molecule has 75 heavy (non-hydrogen) atoms. The van der Waals surface area contributed by atoms with Crippen molar-refractivity contribution in [3.8, 4) is 0 Å². The number of rotatable bonds is 60. The first-order valence-corrected chi connectivity index (χ1v) is 29.0. The lowest BCUT2D eigenvalue weighted by molar-refractivity contribution is -0.841. The standard InChI is InChI=1S/2C25H48O10.H3O4P/c2*1-3-5-6-7-8-9-10-11-12-13-14-15-16-17-18-19-20-21-22-23-25-27-29-31-33-35-34-32-30-28-26-24-4-2;1-5(2,3)4/h2*4,23-25H,3,5-22H2,1-2H3;(H3,1,2,3,4). The van der Waals surface area contributed by atoms with Gasteiger partial charge in [0.2, 0.25) is 0 Å². The van der Waals surface area contributed by atoms with Crippen LogP contribution < -0.4 is 0 Å². The summed E-state index contributed by atoms with van der Waals surface area (Å²) in [5.74, 6) is 0. The van der Waals surface area contributed by atoms with E-state index in [9.17, 15) is 0 Å². The lowest BCUT2D eigenvalue weighted by Crippen LogP contribution is -2.01. The fourth-order valence-corrected chi connectivity index (χ4v) is 6.94. The molecular formula is C50H99O24P. The Kier molecular flexibility index (Phi) is 75.5. The molecular weight excluding hydrogens is 1020 g/mol. The number of hydrogen-bond donors (Lipinski definition) is 3. The van der Waals surface area contributed by atoms with Crippen LogP contribution in [0.2, 0.25) is 0 Å². The van der Waals surface area contributed by atoms with Crippen LogP contribution in [0.5, 0.6) is 0 Å². The van der Waals surface area contributed by atoms with Crippen molar-refractivity contribution < 1.29 is 119 Å². The van der Waals surface area contributed by atoms with Gasteiger partial charge in [0.05, 0.1) is 0 Å². The van der Waals surface area contributed by atoms with Gasteiger partial charge in [0, 0.05) is 80.6 Å². The normalized spacial score (nSPS) is 11.7. The zero-order valence-corrected chi connectivity index (χ0v) is 46.7. The fraction of sp³-hybridized carbons (Fsp3) is 0.840. The zero-order chi connectivity index (χ0) is 55.2. The lowest BCUT2D eigenvalue weighted by atomic mass is 10.0. The van der Waals surface area contributed by atoms with Crippen LogP contribution in [0.4, 0.5) is 0 Å². The van der Waals surface area contributed by atoms with Crippen LogP contribution >= 0.6 is 7.82 Å². The molecule has 0 aromatic heterocycles. The average Bonchev–Trinajstić information content (AvgIpc) is 3.39. The highest BCUT2D eigenvalue weighted by Gasteiger charge is 2.01. The van der Waals surface area contributed by atoms with E-state index in [0.717, 1.165) is 25.7 Å². The summed E-state index contributed by atoms with van der Waals surface area (Å²) >= 11 is 0. The van der Waals surface area contributed by atoms with Crippen LogP contribution in [-0.4, -0.2) is 14.7 Å². The second-order valence-electron chi connectivity index (χ2n) is 17.3. The van der Waals surface area contributed by atoms with Gasteiger partial charge in [0.15, 0.2) is 0 Å². The molecule has 0 amide bonds. The molecule has 0 aromatic carbocycles. The van der Waals surface area contributed by atoms with Crippen molar-refractivity contribution in [1.82, 2.24) is 0 Å². The Labute approximate surface area is 447 Å². The Balaban J connectivity index is -0.00000127. The second-order valence-corrected chi connectivity index (χ2v) is 18.3. The topological polar surface area (TPSA) is 262 Å². The molecule has 0 bridgehead atoms. The molecule has 0 saturated carbocycles. The third-order valence-electron chi connectivity index (χ3n) is 10.7. The Bertz CT molecular complexity index is 1100. The summed E-state index contributed by atoms with van der Waals surface area (Å²) in [5.41, 5.74) is 0. The van der Waals surface area contributed by atoms with Crippen molar-refractivity contribution >= 4 is 7.82 Å². The summed E-state index contributed by atoms with van der Waals surface area (Å²) in [5, 5.41) is 62.6. The molecule has 448 valence electrons. The van der Waals surface area contributed by atoms with E-state index in [0.29, 0.717) is 0 Å². The first-order chi connectivity index (χ1) is 36.8. The van der Waals surface area contributed by atoms with Gasteiger partial charge in [-0.25, -0.2) is 4.57 Å². The molecule has 24 nitrogen and oxygen atoms in total. The fourth-order valence-electron chi connectivity index (χ4n) is 6.94. The summed E-state index contributed by atoms with van der Waals surface area (Å²) in [7, 11) is -4.64. The molecule has 0 fully saturated rings. The molecule has 0 rings (SSSR count). The van der Waals surface area contributed by atoms with Gasteiger partial charge in [-0.3, -0.25) is 0 Å². The maximum absolute atomic E-state index is 8.88. The van der Waals surface area contributed by atoms with Gasteiger partial charge in [-0.15, -0.1) is 0 Å². The van der Waals surface area contributed by atoms with Gasteiger partial charge in [-0.05, 0) is 63.8 Å². The van der Waals surface area contributed by atoms with Gasteiger partial charge >= 0.3 is 7.82 Å². The van der Waals surface area contributed by atoms with E-state index >= 15 is 0 Å². The molecule has 0 aliphatic rings. The number of unbranched alkanes of at least 4 members (excludes halogenated alkanes) is 36. The molecule has 0 unspecified atom stereocenters. The summed E-state index contributed by atoms with van der Waals surface area (Å²) in [4.78, 5) is 39.2. The minimum Gasteiger partial charge on any atom is -0.314 e. The number of allylic oxidation sites excluding steroid dienone is 4. The van der Waals surface area contributed by atoms with Crippen molar-refractivity contribution in [3.05, 3.63) is 49.4 Å². The van der Waals surface area contributed by atoms with Crippen molar-refractivity contribution in [2.75, 3.05) is 0 Å². The van der Waals surface area contributed by atoms with Gasteiger partial charge in [0.1, 0.15) is 25.0 Å². The Morgan fingerprint density at radius 1 is 0.267 bits per heavy atom. The van der Waals surface area contributed by atoms with Crippen LogP contribution in [0.15, 0.2) is 49.4 Å². The highest BCUT2D eigenvalue weighted by molar-refractivity contribution is 7.45.